The van der Waals surface area contributed by atoms with Crippen molar-refractivity contribution in [1.82, 2.24) is 0 Å². The highest BCUT2D eigenvalue weighted by atomic mass is 16.6. The number of rotatable bonds is 6. The third-order valence-electron chi connectivity index (χ3n) is 4.55. The number of nitrogens with zero attached hydrogens (tertiary/aromatic N) is 1. The molecule has 0 unspecified atom stereocenters. The fourth-order valence-electron chi connectivity index (χ4n) is 2.97. The zero-order valence-electron chi connectivity index (χ0n) is 16.5. The minimum Gasteiger partial charge on any atom is -0.449 e. The van der Waals surface area contributed by atoms with Crippen LogP contribution in [0.1, 0.15) is 22.8 Å². The van der Waals surface area contributed by atoms with Crippen molar-refractivity contribution in [3.05, 3.63) is 94.0 Å². The van der Waals surface area contributed by atoms with Crippen molar-refractivity contribution in [2.24, 2.45) is 0 Å². The second-order valence-corrected chi connectivity index (χ2v) is 6.71. The van der Waals surface area contributed by atoms with E-state index in [2.05, 4.69) is 5.32 Å². The van der Waals surface area contributed by atoms with Crippen LogP contribution in [-0.2, 0) is 9.53 Å². The number of carbonyl (C=O) groups is 2. The molecule has 0 saturated heterocycles. The Hall–Kier alpha value is -4.00. The molecule has 0 aliphatic heterocycles. The molecular weight excluding hydrogens is 384 g/mol. The first kappa shape index (κ1) is 20.7. The number of para-hydroxylation sites is 1. The summed E-state index contributed by atoms with van der Waals surface area (Å²) >= 11 is 0. The summed E-state index contributed by atoms with van der Waals surface area (Å²) in [5, 5.41) is 13.7. The quantitative estimate of drug-likeness (QED) is 0.363. The van der Waals surface area contributed by atoms with E-state index in [4.69, 9.17) is 4.74 Å². The molecule has 1 atom stereocenters. The molecule has 0 aliphatic rings. The van der Waals surface area contributed by atoms with Crippen LogP contribution in [0, 0.1) is 17.0 Å². The monoisotopic (exact) mass is 404 g/mol. The minimum absolute atomic E-state index is 0.0881. The lowest BCUT2D eigenvalue weighted by Gasteiger charge is -2.16. The zero-order valence-corrected chi connectivity index (χ0v) is 16.5. The minimum atomic E-state index is -1.06. The van der Waals surface area contributed by atoms with Gasteiger partial charge in [-0.15, -0.1) is 0 Å². The average Bonchev–Trinajstić information content (AvgIpc) is 2.74. The molecule has 3 aromatic rings. The van der Waals surface area contributed by atoms with E-state index in [0.29, 0.717) is 11.3 Å². The van der Waals surface area contributed by atoms with Gasteiger partial charge in [-0.2, -0.15) is 0 Å². The summed E-state index contributed by atoms with van der Waals surface area (Å²) in [5.74, 6) is -1.21. The number of aryl methyl sites for hydroxylation is 1. The first-order valence-corrected chi connectivity index (χ1v) is 9.28. The van der Waals surface area contributed by atoms with Gasteiger partial charge in [0.25, 0.3) is 11.6 Å². The SMILES string of the molecule is Cc1cc(C(=O)O[C@H](C)C(=O)Nc2ccccc2-c2ccccc2)ccc1[N+](=O)[O-]. The van der Waals surface area contributed by atoms with Gasteiger partial charge in [0, 0.05) is 22.9 Å². The number of nitrogens with one attached hydrogen (secondary N) is 1. The predicted octanol–water partition coefficient (Wildman–Crippen LogP) is 4.75. The van der Waals surface area contributed by atoms with E-state index in [1.807, 2.05) is 42.5 Å². The van der Waals surface area contributed by atoms with Gasteiger partial charge in [0.05, 0.1) is 10.5 Å². The standard InChI is InChI=1S/C23H20N2O5/c1-15-14-18(12-13-21(15)25(28)29)23(27)30-16(2)22(26)24-20-11-7-6-10-19(20)17-8-4-3-5-9-17/h3-14,16H,1-2H3,(H,24,26)/t16-/m1/s1. The summed E-state index contributed by atoms with van der Waals surface area (Å²) in [6.45, 7) is 3.00. The van der Waals surface area contributed by atoms with Crippen LogP contribution in [-0.4, -0.2) is 22.9 Å². The molecule has 0 spiro atoms. The molecule has 7 nitrogen and oxygen atoms in total. The molecule has 1 N–H and O–H groups in total. The molecule has 0 aromatic heterocycles. The van der Waals surface area contributed by atoms with Gasteiger partial charge >= 0.3 is 5.97 Å². The highest BCUT2D eigenvalue weighted by Gasteiger charge is 2.21. The summed E-state index contributed by atoms with van der Waals surface area (Å²) in [6.07, 6.45) is -1.06. The molecule has 30 heavy (non-hydrogen) atoms. The van der Waals surface area contributed by atoms with E-state index in [1.54, 1.807) is 12.1 Å². The first-order chi connectivity index (χ1) is 14.4. The number of nitro benzene ring substituents is 1. The fraction of sp³-hybridized carbons (Fsp3) is 0.130. The maximum atomic E-state index is 12.6. The van der Waals surface area contributed by atoms with Gasteiger partial charge in [-0.3, -0.25) is 14.9 Å². The Morgan fingerprint density at radius 2 is 1.67 bits per heavy atom. The number of amides is 1. The Kier molecular flexibility index (Phi) is 6.22. The maximum absolute atomic E-state index is 12.6. The van der Waals surface area contributed by atoms with Crippen LogP contribution < -0.4 is 5.32 Å². The number of esters is 1. The lowest BCUT2D eigenvalue weighted by molar-refractivity contribution is -0.385. The molecule has 0 aliphatic carbocycles. The van der Waals surface area contributed by atoms with E-state index < -0.39 is 22.9 Å². The lowest BCUT2D eigenvalue weighted by atomic mass is 10.0. The Morgan fingerprint density at radius 1 is 1.00 bits per heavy atom. The second-order valence-electron chi connectivity index (χ2n) is 6.71. The highest BCUT2D eigenvalue weighted by Crippen LogP contribution is 2.27. The van der Waals surface area contributed by atoms with Gasteiger partial charge in [-0.05, 0) is 37.6 Å². The molecule has 152 valence electrons. The van der Waals surface area contributed by atoms with Crippen LogP contribution in [0.3, 0.4) is 0 Å². The summed E-state index contributed by atoms with van der Waals surface area (Å²) in [5.41, 5.74) is 2.78. The normalized spacial score (nSPS) is 11.4. The molecular formula is C23H20N2O5. The molecule has 0 radical (unpaired) electrons. The fourth-order valence-corrected chi connectivity index (χ4v) is 2.97. The van der Waals surface area contributed by atoms with E-state index in [9.17, 15) is 19.7 Å². The number of hydrogen-bond acceptors (Lipinski definition) is 5. The van der Waals surface area contributed by atoms with Crippen LogP contribution in [0.4, 0.5) is 11.4 Å². The van der Waals surface area contributed by atoms with Crippen LogP contribution in [0.2, 0.25) is 0 Å². The summed E-state index contributed by atoms with van der Waals surface area (Å²) < 4.78 is 5.25. The topological polar surface area (TPSA) is 98.5 Å². The second kappa shape index (κ2) is 9.00. The Balaban J connectivity index is 1.71. The molecule has 3 rings (SSSR count). The summed E-state index contributed by atoms with van der Waals surface area (Å²) in [7, 11) is 0. The molecule has 7 heteroatoms. The first-order valence-electron chi connectivity index (χ1n) is 9.28. The van der Waals surface area contributed by atoms with Crippen molar-refractivity contribution in [2.75, 3.05) is 5.32 Å². The summed E-state index contributed by atoms with van der Waals surface area (Å²) in [4.78, 5) is 35.3. The van der Waals surface area contributed by atoms with Crippen molar-refractivity contribution < 1.29 is 19.2 Å². The van der Waals surface area contributed by atoms with E-state index in [0.717, 1.165) is 11.1 Å². The van der Waals surface area contributed by atoms with Crippen molar-refractivity contribution >= 4 is 23.3 Å². The molecule has 0 fully saturated rings. The Morgan fingerprint density at radius 3 is 2.33 bits per heavy atom. The zero-order chi connectivity index (χ0) is 21.7. The Bertz CT molecular complexity index is 1100. The molecule has 0 saturated carbocycles. The average molecular weight is 404 g/mol. The van der Waals surface area contributed by atoms with Gasteiger partial charge < -0.3 is 10.1 Å². The van der Waals surface area contributed by atoms with Gasteiger partial charge in [-0.25, -0.2) is 4.79 Å². The van der Waals surface area contributed by atoms with Gasteiger partial charge in [0.2, 0.25) is 0 Å². The van der Waals surface area contributed by atoms with Crippen molar-refractivity contribution in [2.45, 2.75) is 20.0 Å². The smallest absolute Gasteiger partial charge is 0.338 e. The van der Waals surface area contributed by atoms with Crippen molar-refractivity contribution in [3.8, 4) is 11.1 Å². The maximum Gasteiger partial charge on any atom is 0.338 e. The van der Waals surface area contributed by atoms with E-state index in [-0.39, 0.29) is 11.3 Å². The molecule has 1 amide bonds. The van der Waals surface area contributed by atoms with Crippen LogP contribution >= 0.6 is 0 Å². The molecule has 0 heterocycles. The van der Waals surface area contributed by atoms with Gasteiger partial charge in [0.1, 0.15) is 0 Å². The largest absolute Gasteiger partial charge is 0.449 e. The number of carbonyl (C=O) groups excluding carboxylic acids is 2. The number of ether oxygens (including phenoxy) is 1. The number of nitro groups is 1. The van der Waals surface area contributed by atoms with Gasteiger partial charge in [-0.1, -0.05) is 48.5 Å². The summed E-state index contributed by atoms with van der Waals surface area (Å²) in [6, 6.07) is 20.9. The number of benzene rings is 3. The van der Waals surface area contributed by atoms with Crippen LogP contribution in [0.25, 0.3) is 11.1 Å². The van der Waals surface area contributed by atoms with Gasteiger partial charge in [0.15, 0.2) is 6.10 Å². The highest BCUT2D eigenvalue weighted by molar-refractivity contribution is 6.00. The van der Waals surface area contributed by atoms with Crippen molar-refractivity contribution in [3.63, 3.8) is 0 Å². The predicted molar refractivity (Wildman–Crippen MR) is 113 cm³/mol. The molecule has 3 aromatic carbocycles. The third kappa shape index (κ3) is 4.70. The third-order valence-corrected chi connectivity index (χ3v) is 4.55. The van der Waals surface area contributed by atoms with Crippen LogP contribution in [0.5, 0.6) is 0 Å². The van der Waals surface area contributed by atoms with E-state index >= 15 is 0 Å². The lowest BCUT2D eigenvalue weighted by Crippen LogP contribution is -2.30. The van der Waals surface area contributed by atoms with Crippen molar-refractivity contribution in [1.29, 1.82) is 0 Å². The van der Waals surface area contributed by atoms with Crippen LogP contribution in [0.15, 0.2) is 72.8 Å². The van der Waals surface area contributed by atoms with E-state index in [1.165, 1.54) is 32.0 Å². The molecule has 0 bridgehead atoms. The number of hydrogen-bond donors (Lipinski definition) is 1. The number of anilines is 1. The Labute approximate surface area is 173 Å².